The summed E-state index contributed by atoms with van der Waals surface area (Å²) < 4.78 is 24.9. The van der Waals surface area contributed by atoms with Crippen LogP contribution in [0.3, 0.4) is 0 Å². The molecule has 1 N–H and O–H groups in total. The van der Waals surface area contributed by atoms with Crippen LogP contribution in [0.25, 0.3) is 6.08 Å². The second kappa shape index (κ2) is 10.6. The number of imide groups is 2. The first-order valence-electron chi connectivity index (χ1n) is 10.6. The highest BCUT2D eigenvalue weighted by atomic mass is 19.1. The standard InChI is InChI=1S/C25H25FN2O5/c1-4-7-17-13-16(15-21(32-6-3)22(17)33-12-5-2)14-20-23(29)27-25(31)28(24(20)30)19-10-8-18(26)9-11-19/h4,8-11,13-15H,1,5-7,12H2,2-3H3,(H,27,29,31)/b20-14+. The highest BCUT2D eigenvalue weighted by Gasteiger charge is 2.36. The first-order valence-corrected chi connectivity index (χ1v) is 10.6. The van der Waals surface area contributed by atoms with Gasteiger partial charge in [0.05, 0.1) is 18.9 Å². The van der Waals surface area contributed by atoms with E-state index in [9.17, 15) is 18.8 Å². The highest BCUT2D eigenvalue weighted by Crippen LogP contribution is 2.35. The van der Waals surface area contributed by atoms with E-state index in [0.717, 1.165) is 29.0 Å². The van der Waals surface area contributed by atoms with Gasteiger partial charge in [0.15, 0.2) is 11.5 Å². The maximum Gasteiger partial charge on any atom is 0.335 e. The number of ether oxygens (including phenoxy) is 2. The van der Waals surface area contributed by atoms with Crippen molar-refractivity contribution in [2.45, 2.75) is 26.7 Å². The maximum atomic E-state index is 13.3. The molecule has 1 aliphatic heterocycles. The second-order valence-electron chi connectivity index (χ2n) is 7.22. The van der Waals surface area contributed by atoms with Gasteiger partial charge in [0.1, 0.15) is 11.4 Å². The van der Waals surface area contributed by atoms with E-state index < -0.39 is 23.7 Å². The third-order valence-electron chi connectivity index (χ3n) is 4.77. The number of hydrogen-bond acceptors (Lipinski definition) is 5. The van der Waals surface area contributed by atoms with E-state index in [1.165, 1.54) is 18.2 Å². The average molecular weight is 452 g/mol. The van der Waals surface area contributed by atoms with Crippen LogP contribution < -0.4 is 19.7 Å². The van der Waals surface area contributed by atoms with Crippen LogP contribution in [-0.2, 0) is 16.0 Å². The summed E-state index contributed by atoms with van der Waals surface area (Å²) in [4.78, 5) is 38.7. The maximum absolute atomic E-state index is 13.3. The number of halogens is 1. The fourth-order valence-electron chi connectivity index (χ4n) is 3.35. The molecule has 3 rings (SSSR count). The third kappa shape index (κ3) is 5.28. The highest BCUT2D eigenvalue weighted by molar-refractivity contribution is 6.39. The van der Waals surface area contributed by atoms with Crippen LogP contribution in [0.1, 0.15) is 31.4 Å². The Hall–Kier alpha value is -3.94. The Morgan fingerprint density at radius 3 is 2.45 bits per heavy atom. The Morgan fingerprint density at radius 2 is 1.82 bits per heavy atom. The zero-order valence-corrected chi connectivity index (χ0v) is 18.5. The summed E-state index contributed by atoms with van der Waals surface area (Å²) in [5.41, 5.74) is 1.20. The summed E-state index contributed by atoms with van der Waals surface area (Å²) in [6.45, 7) is 8.50. The molecule has 1 saturated heterocycles. The molecule has 2 aromatic carbocycles. The lowest BCUT2D eigenvalue weighted by Gasteiger charge is -2.26. The monoisotopic (exact) mass is 452 g/mol. The van der Waals surface area contributed by atoms with Crippen molar-refractivity contribution in [2.24, 2.45) is 0 Å². The molecule has 7 nitrogen and oxygen atoms in total. The molecule has 0 aliphatic carbocycles. The molecule has 1 fully saturated rings. The van der Waals surface area contributed by atoms with Crippen LogP contribution in [0.2, 0.25) is 0 Å². The lowest BCUT2D eigenvalue weighted by Crippen LogP contribution is -2.54. The molecule has 1 heterocycles. The molecule has 0 bridgehead atoms. The van der Waals surface area contributed by atoms with Gasteiger partial charge >= 0.3 is 6.03 Å². The van der Waals surface area contributed by atoms with E-state index in [1.807, 2.05) is 13.8 Å². The summed E-state index contributed by atoms with van der Waals surface area (Å²) in [5, 5.41) is 2.16. The molecule has 4 amide bonds. The van der Waals surface area contributed by atoms with Crippen LogP contribution in [0.4, 0.5) is 14.9 Å². The summed E-state index contributed by atoms with van der Waals surface area (Å²) in [7, 11) is 0. The van der Waals surface area contributed by atoms with Crippen molar-refractivity contribution in [2.75, 3.05) is 18.1 Å². The van der Waals surface area contributed by atoms with Gasteiger partial charge in [-0.05, 0) is 67.8 Å². The molecule has 0 atom stereocenters. The van der Waals surface area contributed by atoms with Crippen molar-refractivity contribution in [1.29, 1.82) is 0 Å². The number of amides is 4. The topological polar surface area (TPSA) is 84.9 Å². The molecular formula is C25H25FN2O5. The number of anilines is 1. The van der Waals surface area contributed by atoms with Gasteiger partial charge in [-0.2, -0.15) is 0 Å². The lowest BCUT2D eigenvalue weighted by atomic mass is 10.0. The summed E-state index contributed by atoms with van der Waals surface area (Å²) in [6, 6.07) is 7.38. The number of barbiturate groups is 1. The largest absolute Gasteiger partial charge is 0.490 e. The summed E-state index contributed by atoms with van der Waals surface area (Å²) in [5.74, 6) is -1.09. The number of carbonyl (C=O) groups excluding carboxylic acids is 3. The molecule has 2 aromatic rings. The van der Waals surface area contributed by atoms with E-state index in [1.54, 1.807) is 18.2 Å². The molecule has 172 valence electrons. The fraction of sp³-hybridized carbons (Fsp3) is 0.240. The van der Waals surface area contributed by atoms with Crippen LogP contribution >= 0.6 is 0 Å². The molecule has 33 heavy (non-hydrogen) atoms. The number of benzene rings is 2. The van der Waals surface area contributed by atoms with Crippen molar-refractivity contribution < 1.29 is 28.2 Å². The molecule has 8 heteroatoms. The minimum atomic E-state index is -0.903. The summed E-state index contributed by atoms with van der Waals surface area (Å²) in [6.07, 6.45) is 4.40. The lowest BCUT2D eigenvalue weighted by molar-refractivity contribution is -0.122. The first kappa shape index (κ1) is 23.7. The number of nitrogens with zero attached hydrogens (tertiary/aromatic N) is 1. The molecule has 0 radical (unpaired) electrons. The zero-order valence-electron chi connectivity index (χ0n) is 18.5. The quantitative estimate of drug-likeness (QED) is 0.346. The van der Waals surface area contributed by atoms with Crippen molar-refractivity contribution in [3.05, 3.63) is 71.6 Å². The normalized spacial score (nSPS) is 14.9. The van der Waals surface area contributed by atoms with Crippen LogP contribution in [0.5, 0.6) is 11.5 Å². The number of hydrogen-bond donors (Lipinski definition) is 1. The smallest absolute Gasteiger partial charge is 0.335 e. The van der Waals surface area contributed by atoms with E-state index >= 15 is 0 Å². The Morgan fingerprint density at radius 1 is 1.09 bits per heavy atom. The van der Waals surface area contributed by atoms with E-state index in [2.05, 4.69) is 11.9 Å². The van der Waals surface area contributed by atoms with Crippen molar-refractivity contribution >= 4 is 29.6 Å². The number of allylic oxidation sites excluding steroid dienone is 1. The predicted octanol–water partition coefficient (Wildman–Crippen LogP) is 4.41. The summed E-state index contributed by atoms with van der Waals surface area (Å²) >= 11 is 0. The molecule has 0 saturated carbocycles. The Labute approximate surface area is 191 Å². The van der Waals surface area contributed by atoms with Gasteiger partial charge in [0.25, 0.3) is 11.8 Å². The fourth-order valence-corrected chi connectivity index (χ4v) is 3.35. The Bertz CT molecular complexity index is 1110. The second-order valence-corrected chi connectivity index (χ2v) is 7.22. The number of rotatable bonds is 9. The SMILES string of the molecule is C=CCc1cc(/C=C2\C(=O)NC(=O)N(c3ccc(F)cc3)C2=O)cc(OCC)c1OCCC. The van der Waals surface area contributed by atoms with E-state index in [-0.39, 0.29) is 11.3 Å². The molecule has 1 aliphatic rings. The van der Waals surface area contributed by atoms with Crippen molar-refractivity contribution in [3.63, 3.8) is 0 Å². The van der Waals surface area contributed by atoms with Gasteiger partial charge in [-0.1, -0.05) is 13.0 Å². The molecular weight excluding hydrogens is 427 g/mol. The minimum absolute atomic E-state index is 0.142. The van der Waals surface area contributed by atoms with Gasteiger partial charge in [0, 0.05) is 5.56 Å². The van der Waals surface area contributed by atoms with Gasteiger partial charge in [-0.3, -0.25) is 14.9 Å². The van der Waals surface area contributed by atoms with E-state index in [4.69, 9.17) is 9.47 Å². The first-order chi connectivity index (χ1) is 15.9. The van der Waals surface area contributed by atoms with Gasteiger partial charge < -0.3 is 9.47 Å². The Balaban J connectivity index is 2.06. The van der Waals surface area contributed by atoms with E-state index in [0.29, 0.717) is 36.7 Å². The minimum Gasteiger partial charge on any atom is -0.490 e. The van der Waals surface area contributed by atoms with Gasteiger partial charge in [-0.25, -0.2) is 14.1 Å². The number of carbonyl (C=O) groups is 3. The van der Waals surface area contributed by atoms with Crippen molar-refractivity contribution in [1.82, 2.24) is 5.32 Å². The molecule has 0 spiro atoms. The van der Waals surface area contributed by atoms with Crippen LogP contribution in [0.15, 0.2) is 54.6 Å². The number of nitrogens with one attached hydrogen (secondary N) is 1. The number of urea groups is 1. The van der Waals surface area contributed by atoms with Crippen LogP contribution in [0, 0.1) is 5.82 Å². The van der Waals surface area contributed by atoms with Crippen LogP contribution in [-0.4, -0.2) is 31.1 Å². The third-order valence-corrected chi connectivity index (χ3v) is 4.77. The molecule has 0 aromatic heterocycles. The van der Waals surface area contributed by atoms with Gasteiger partial charge in [0.2, 0.25) is 0 Å². The predicted molar refractivity (Wildman–Crippen MR) is 123 cm³/mol. The van der Waals surface area contributed by atoms with Crippen molar-refractivity contribution in [3.8, 4) is 11.5 Å². The Kier molecular flexibility index (Phi) is 7.61. The van der Waals surface area contributed by atoms with Gasteiger partial charge in [-0.15, -0.1) is 6.58 Å². The molecule has 0 unspecified atom stereocenters. The average Bonchev–Trinajstić information content (AvgIpc) is 2.78. The zero-order chi connectivity index (χ0) is 24.0.